The van der Waals surface area contributed by atoms with E-state index in [1.54, 1.807) is 0 Å². The summed E-state index contributed by atoms with van der Waals surface area (Å²) in [5, 5.41) is 3.05. The number of carbonyl (C=O) groups excluding carboxylic acids is 1. The first-order chi connectivity index (χ1) is 7.24. The Bertz CT molecular complexity index is 151. The Hall–Kier alpha value is -0.530. The quantitative estimate of drug-likeness (QED) is 0.624. The first kappa shape index (κ1) is 14.5. The fourth-order valence-corrected chi connectivity index (χ4v) is 1.85. The van der Waals surface area contributed by atoms with Gasteiger partial charge in [-0.2, -0.15) is 0 Å². The molecule has 15 heavy (non-hydrogen) atoms. The van der Waals surface area contributed by atoms with Crippen molar-refractivity contribution >= 4 is 5.91 Å². The lowest BCUT2D eigenvalue weighted by atomic mass is 9.98. The van der Waals surface area contributed by atoms with Gasteiger partial charge in [0.25, 0.3) is 0 Å². The summed E-state index contributed by atoms with van der Waals surface area (Å²) in [5.41, 5.74) is 0. The topological polar surface area (TPSA) is 29.1 Å². The highest BCUT2D eigenvalue weighted by Crippen LogP contribution is 2.12. The maximum absolute atomic E-state index is 11.4. The summed E-state index contributed by atoms with van der Waals surface area (Å²) in [6.45, 7) is 7.41. The predicted molar refractivity (Wildman–Crippen MR) is 65.8 cm³/mol. The van der Waals surface area contributed by atoms with Crippen LogP contribution in [0.2, 0.25) is 0 Å². The predicted octanol–water partition coefficient (Wildman–Crippen LogP) is 3.51. The van der Waals surface area contributed by atoms with Gasteiger partial charge in [-0.3, -0.25) is 4.79 Å². The van der Waals surface area contributed by atoms with Gasteiger partial charge in [-0.05, 0) is 25.2 Å². The SMILES string of the molecule is CCCCC(=O)NCC(CCC)CCC. The van der Waals surface area contributed by atoms with Crippen molar-refractivity contribution in [3.05, 3.63) is 0 Å². The second-order valence-corrected chi connectivity index (χ2v) is 4.35. The maximum Gasteiger partial charge on any atom is 0.220 e. The molecule has 90 valence electrons. The highest BCUT2D eigenvalue weighted by Gasteiger charge is 2.08. The van der Waals surface area contributed by atoms with E-state index in [1.165, 1.54) is 25.7 Å². The molecule has 0 saturated carbocycles. The zero-order valence-electron chi connectivity index (χ0n) is 10.6. The standard InChI is InChI=1S/C13H27NO/c1-4-7-10-13(15)14-11-12(8-5-2)9-6-3/h12H,4-11H2,1-3H3,(H,14,15). The fourth-order valence-electron chi connectivity index (χ4n) is 1.85. The molecule has 0 aromatic rings. The van der Waals surface area contributed by atoms with E-state index in [0.29, 0.717) is 12.3 Å². The zero-order chi connectivity index (χ0) is 11.5. The fraction of sp³-hybridized carbons (Fsp3) is 0.923. The smallest absolute Gasteiger partial charge is 0.220 e. The lowest BCUT2D eigenvalue weighted by Crippen LogP contribution is -2.29. The van der Waals surface area contributed by atoms with Crippen molar-refractivity contribution in [3.63, 3.8) is 0 Å². The van der Waals surface area contributed by atoms with Crippen molar-refractivity contribution in [1.29, 1.82) is 0 Å². The number of nitrogens with one attached hydrogen (secondary N) is 1. The van der Waals surface area contributed by atoms with E-state index in [0.717, 1.165) is 19.4 Å². The molecule has 0 unspecified atom stereocenters. The van der Waals surface area contributed by atoms with Crippen LogP contribution in [0.15, 0.2) is 0 Å². The van der Waals surface area contributed by atoms with Crippen molar-refractivity contribution < 1.29 is 4.79 Å². The zero-order valence-corrected chi connectivity index (χ0v) is 10.6. The van der Waals surface area contributed by atoms with Gasteiger partial charge in [0, 0.05) is 13.0 Å². The molecule has 0 rings (SSSR count). The van der Waals surface area contributed by atoms with Crippen LogP contribution in [0.3, 0.4) is 0 Å². The van der Waals surface area contributed by atoms with Crippen LogP contribution in [-0.4, -0.2) is 12.5 Å². The van der Waals surface area contributed by atoms with Gasteiger partial charge in [-0.1, -0.05) is 40.0 Å². The third-order valence-electron chi connectivity index (χ3n) is 2.74. The molecule has 0 radical (unpaired) electrons. The van der Waals surface area contributed by atoms with E-state index in [-0.39, 0.29) is 5.91 Å². The third kappa shape index (κ3) is 8.46. The van der Waals surface area contributed by atoms with Crippen LogP contribution >= 0.6 is 0 Å². The normalized spacial score (nSPS) is 10.7. The molecule has 0 bridgehead atoms. The van der Waals surface area contributed by atoms with Crippen LogP contribution in [0.25, 0.3) is 0 Å². The Kier molecular flexibility index (Phi) is 9.65. The molecule has 1 amide bonds. The maximum atomic E-state index is 11.4. The number of carbonyl (C=O) groups is 1. The Morgan fingerprint density at radius 1 is 1.07 bits per heavy atom. The van der Waals surface area contributed by atoms with Crippen molar-refractivity contribution in [2.24, 2.45) is 5.92 Å². The van der Waals surface area contributed by atoms with Crippen LogP contribution in [0.5, 0.6) is 0 Å². The first-order valence-corrected chi connectivity index (χ1v) is 6.51. The summed E-state index contributed by atoms with van der Waals surface area (Å²) < 4.78 is 0. The van der Waals surface area contributed by atoms with Gasteiger partial charge in [0.05, 0.1) is 0 Å². The highest BCUT2D eigenvalue weighted by atomic mass is 16.1. The second kappa shape index (κ2) is 10.0. The molecule has 0 fully saturated rings. The molecule has 0 spiro atoms. The third-order valence-corrected chi connectivity index (χ3v) is 2.74. The van der Waals surface area contributed by atoms with Gasteiger partial charge in [0.1, 0.15) is 0 Å². The van der Waals surface area contributed by atoms with Crippen molar-refractivity contribution in [3.8, 4) is 0 Å². The second-order valence-electron chi connectivity index (χ2n) is 4.35. The minimum Gasteiger partial charge on any atom is -0.356 e. The highest BCUT2D eigenvalue weighted by molar-refractivity contribution is 5.75. The van der Waals surface area contributed by atoms with Crippen LogP contribution in [-0.2, 0) is 4.79 Å². The van der Waals surface area contributed by atoms with Gasteiger partial charge < -0.3 is 5.32 Å². The van der Waals surface area contributed by atoms with Crippen molar-refractivity contribution in [1.82, 2.24) is 5.32 Å². The Labute approximate surface area is 94.8 Å². The lowest BCUT2D eigenvalue weighted by molar-refractivity contribution is -0.121. The molecule has 0 heterocycles. The Balaban J connectivity index is 3.62. The van der Waals surface area contributed by atoms with Crippen LogP contribution in [0.4, 0.5) is 0 Å². The van der Waals surface area contributed by atoms with Gasteiger partial charge in [0.2, 0.25) is 5.91 Å². The van der Waals surface area contributed by atoms with Gasteiger partial charge in [0.15, 0.2) is 0 Å². The summed E-state index contributed by atoms with van der Waals surface area (Å²) >= 11 is 0. The number of hydrogen-bond donors (Lipinski definition) is 1. The number of rotatable bonds is 9. The minimum atomic E-state index is 0.231. The van der Waals surface area contributed by atoms with E-state index < -0.39 is 0 Å². The average molecular weight is 213 g/mol. The lowest BCUT2D eigenvalue weighted by Gasteiger charge is -2.15. The minimum absolute atomic E-state index is 0.231. The molecule has 2 heteroatoms. The van der Waals surface area contributed by atoms with E-state index in [4.69, 9.17) is 0 Å². The molecular formula is C13H27NO. The Morgan fingerprint density at radius 2 is 1.67 bits per heavy atom. The van der Waals surface area contributed by atoms with Crippen LogP contribution < -0.4 is 5.32 Å². The monoisotopic (exact) mass is 213 g/mol. The molecule has 0 aliphatic rings. The molecule has 0 aromatic carbocycles. The Morgan fingerprint density at radius 3 is 2.13 bits per heavy atom. The summed E-state index contributed by atoms with van der Waals surface area (Å²) in [4.78, 5) is 11.4. The number of amides is 1. The largest absolute Gasteiger partial charge is 0.356 e. The summed E-state index contributed by atoms with van der Waals surface area (Å²) in [5.74, 6) is 0.916. The van der Waals surface area contributed by atoms with E-state index in [2.05, 4.69) is 26.1 Å². The molecule has 2 nitrogen and oxygen atoms in total. The van der Waals surface area contributed by atoms with Gasteiger partial charge in [-0.15, -0.1) is 0 Å². The molecule has 0 aliphatic heterocycles. The van der Waals surface area contributed by atoms with Crippen LogP contribution in [0.1, 0.15) is 65.7 Å². The van der Waals surface area contributed by atoms with E-state index >= 15 is 0 Å². The molecule has 0 aliphatic carbocycles. The first-order valence-electron chi connectivity index (χ1n) is 6.51. The summed E-state index contributed by atoms with van der Waals surface area (Å²) in [6, 6.07) is 0. The number of unbranched alkanes of at least 4 members (excludes halogenated alkanes) is 1. The molecule has 0 aromatic heterocycles. The van der Waals surface area contributed by atoms with Gasteiger partial charge >= 0.3 is 0 Å². The molecule has 1 N–H and O–H groups in total. The van der Waals surface area contributed by atoms with Crippen molar-refractivity contribution in [2.45, 2.75) is 65.7 Å². The van der Waals surface area contributed by atoms with Gasteiger partial charge in [-0.25, -0.2) is 0 Å². The molecule has 0 atom stereocenters. The average Bonchev–Trinajstić information content (AvgIpc) is 2.23. The van der Waals surface area contributed by atoms with Crippen LogP contribution in [0, 0.1) is 5.92 Å². The van der Waals surface area contributed by atoms with Crippen molar-refractivity contribution in [2.75, 3.05) is 6.54 Å². The summed E-state index contributed by atoms with van der Waals surface area (Å²) in [7, 11) is 0. The molecule has 0 saturated heterocycles. The van der Waals surface area contributed by atoms with E-state index in [1.807, 2.05) is 0 Å². The number of hydrogen-bond acceptors (Lipinski definition) is 1. The molecular weight excluding hydrogens is 186 g/mol. The van der Waals surface area contributed by atoms with E-state index in [9.17, 15) is 4.79 Å². The summed E-state index contributed by atoms with van der Waals surface area (Å²) in [6.07, 6.45) is 7.72.